The van der Waals surface area contributed by atoms with Crippen LogP contribution in [0.5, 0.6) is 0 Å². The second-order valence-corrected chi connectivity index (χ2v) is 4.16. The van der Waals surface area contributed by atoms with E-state index in [9.17, 15) is 19.2 Å². The molecule has 2 amide bonds. The number of nitrogens with zero attached hydrogens (tertiary/aromatic N) is 1. The highest BCUT2D eigenvalue weighted by molar-refractivity contribution is 6.45. The van der Waals surface area contributed by atoms with E-state index in [1.807, 2.05) is 0 Å². The van der Waals surface area contributed by atoms with Gasteiger partial charge in [0.2, 0.25) is 5.91 Å². The van der Waals surface area contributed by atoms with E-state index in [0.29, 0.717) is 4.90 Å². The molecule has 6 nitrogen and oxygen atoms in total. The van der Waals surface area contributed by atoms with Crippen molar-refractivity contribution in [2.75, 3.05) is 0 Å². The molecule has 0 saturated carbocycles. The van der Waals surface area contributed by atoms with Gasteiger partial charge in [-0.1, -0.05) is 30.3 Å². The first-order valence-electron chi connectivity index (χ1n) is 5.71. The van der Waals surface area contributed by atoms with Gasteiger partial charge >= 0.3 is 11.9 Å². The number of aliphatic carboxylic acids is 1. The number of hydrogen-bond acceptors (Lipinski definition) is 4. The van der Waals surface area contributed by atoms with E-state index in [4.69, 9.17) is 5.11 Å². The fourth-order valence-corrected chi connectivity index (χ4v) is 1.99. The summed E-state index contributed by atoms with van der Waals surface area (Å²) >= 11 is 0. The van der Waals surface area contributed by atoms with E-state index in [1.54, 1.807) is 18.2 Å². The van der Waals surface area contributed by atoms with Gasteiger partial charge in [0.15, 0.2) is 0 Å². The molecule has 1 aliphatic rings. The van der Waals surface area contributed by atoms with Crippen molar-refractivity contribution in [2.24, 2.45) is 0 Å². The highest BCUT2D eigenvalue weighted by Gasteiger charge is 2.42. The van der Waals surface area contributed by atoms with Gasteiger partial charge in [-0.2, -0.15) is 0 Å². The van der Waals surface area contributed by atoms with Crippen molar-refractivity contribution in [3.63, 3.8) is 0 Å². The molecule has 1 fully saturated rings. The van der Waals surface area contributed by atoms with Crippen LogP contribution in [0.4, 0.5) is 0 Å². The molecule has 1 aromatic carbocycles. The predicted molar refractivity (Wildman–Crippen MR) is 63.3 cm³/mol. The third-order valence-electron chi connectivity index (χ3n) is 2.95. The van der Waals surface area contributed by atoms with Crippen LogP contribution < -0.4 is 0 Å². The summed E-state index contributed by atoms with van der Waals surface area (Å²) < 4.78 is 0. The number of carboxylic acid groups (broad SMARTS) is 1. The fourth-order valence-electron chi connectivity index (χ4n) is 1.99. The maximum atomic E-state index is 12.0. The third-order valence-corrected chi connectivity index (χ3v) is 2.95. The van der Waals surface area contributed by atoms with Gasteiger partial charge in [-0.3, -0.25) is 19.3 Å². The molecule has 98 valence electrons. The van der Waals surface area contributed by atoms with Gasteiger partial charge in [-0.25, -0.2) is 4.79 Å². The lowest BCUT2D eigenvalue weighted by atomic mass is 10.1. The Labute approximate surface area is 108 Å². The molecule has 1 saturated heterocycles. The Kier molecular flexibility index (Phi) is 3.41. The van der Waals surface area contributed by atoms with Crippen molar-refractivity contribution >= 4 is 23.6 Å². The maximum absolute atomic E-state index is 12.0. The average molecular weight is 261 g/mol. The minimum absolute atomic E-state index is 0.0369. The second-order valence-electron chi connectivity index (χ2n) is 4.16. The van der Waals surface area contributed by atoms with E-state index in [0.717, 1.165) is 0 Å². The maximum Gasteiger partial charge on any atom is 0.326 e. The molecule has 1 atom stereocenters. The molecule has 0 bridgehead atoms. The SMILES string of the molecule is O=C(C(=O)N1C(=O)CC[C@H]1C(=O)O)c1ccccc1. The molecular formula is C13H11NO5. The molecule has 0 unspecified atom stereocenters. The zero-order chi connectivity index (χ0) is 14.0. The number of Topliss-reactive ketones (excluding diaryl/α,β-unsaturated/α-hetero) is 1. The number of carbonyl (C=O) groups excluding carboxylic acids is 3. The van der Waals surface area contributed by atoms with E-state index in [1.165, 1.54) is 12.1 Å². The predicted octanol–water partition coefficient (Wildman–Crippen LogP) is 0.471. The highest BCUT2D eigenvalue weighted by Crippen LogP contribution is 2.20. The Bertz CT molecular complexity index is 551. The summed E-state index contributed by atoms with van der Waals surface area (Å²) in [6.45, 7) is 0. The van der Waals surface area contributed by atoms with Gasteiger partial charge in [0.1, 0.15) is 6.04 Å². The van der Waals surface area contributed by atoms with Crippen LogP contribution in [0, 0.1) is 0 Å². The first kappa shape index (κ1) is 12.9. The molecule has 0 radical (unpaired) electrons. The van der Waals surface area contributed by atoms with Crippen LogP contribution in [0.3, 0.4) is 0 Å². The molecular weight excluding hydrogens is 250 g/mol. The minimum atomic E-state index is -1.28. The van der Waals surface area contributed by atoms with Crippen LogP contribution in [-0.4, -0.2) is 39.6 Å². The monoisotopic (exact) mass is 261 g/mol. The first-order valence-corrected chi connectivity index (χ1v) is 5.71. The smallest absolute Gasteiger partial charge is 0.326 e. The lowest BCUT2D eigenvalue weighted by Crippen LogP contribution is -2.46. The van der Waals surface area contributed by atoms with Gasteiger partial charge in [0.25, 0.3) is 5.78 Å². The number of carbonyl (C=O) groups is 4. The van der Waals surface area contributed by atoms with Gasteiger partial charge < -0.3 is 5.11 Å². The summed E-state index contributed by atoms with van der Waals surface area (Å²) in [7, 11) is 0. The number of rotatable bonds is 3. The molecule has 2 rings (SSSR count). The summed E-state index contributed by atoms with van der Waals surface area (Å²) in [6.07, 6.45) is 0.00670. The lowest BCUT2D eigenvalue weighted by Gasteiger charge is -2.18. The number of ketones is 1. The van der Waals surface area contributed by atoms with Gasteiger partial charge in [0.05, 0.1) is 0 Å². The molecule has 1 aliphatic heterocycles. The number of imide groups is 1. The van der Waals surface area contributed by atoms with E-state index in [-0.39, 0.29) is 18.4 Å². The van der Waals surface area contributed by atoms with Crippen molar-refractivity contribution in [2.45, 2.75) is 18.9 Å². The van der Waals surface area contributed by atoms with Gasteiger partial charge in [-0.05, 0) is 6.42 Å². The summed E-state index contributed by atoms with van der Waals surface area (Å²) in [5.41, 5.74) is 0.135. The Balaban J connectivity index is 2.26. The standard InChI is InChI=1S/C13H11NO5/c15-10-7-6-9(13(18)19)14(10)12(17)11(16)8-4-2-1-3-5-8/h1-5,9H,6-7H2,(H,18,19)/t9-/m0/s1. The van der Waals surface area contributed by atoms with Crippen LogP contribution >= 0.6 is 0 Å². The zero-order valence-electron chi connectivity index (χ0n) is 9.91. The molecule has 1 aromatic rings. The van der Waals surface area contributed by atoms with Gasteiger partial charge in [-0.15, -0.1) is 0 Å². The zero-order valence-corrected chi connectivity index (χ0v) is 9.91. The van der Waals surface area contributed by atoms with E-state index < -0.39 is 29.6 Å². The van der Waals surface area contributed by atoms with Crippen molar-refractivity contribution in [1.29, 1.82) is 0 Å². The third kappa shape index (κ3) is 2.37. The normalized spacial score (nSPS) is 18.4. The molecule has 0 spiro atoms. The molecule has 1 N–H and O–H groups in total. The average Bonchev–Trinajstić information content (AvgIpc) is 2.80. The largest absolute Gasteiger partial charge is 0.480 e. The fraction of sp³-hybridized carbons (Fsp3) is 0.231. The number of hydrogen-bond donors (Lipinski definition) is 1. The Morgan fingerprint density at radius 3 is 2.37 bits per heavy atom. The summed E-state index contributed by atoms with van der Waals surface area (Å²) in [5.74, 6) is -3.86. The quantitative estimate of drug-likeness (QED) is 0.630. The van der Waals surface area contributed by atoms with Crippen LogP contribution in [0.15, 0.2) is 30.3 Å². The number of benzene rings is 1. The van der Waals surface area contributed by atoms with Crippen molar-refractivity contribution in [3.8, 4) is 0 Å². The van der Waals surface area contributed by atoms with Crippen LogP contribution in [-0.2, 0) is 14.4 Å². The summed E-state index contributed by atoms with van der Waals surface area (Å²) in [6, 6.07) is 6.49. The number of likely N-dealkylation sites (tertiary alicyclic amines) is 1. The van der Waals surface area contributed by atoms with E-state index in [2.05, 4.69) is 0 Å². The number of carboxylic acids is 1. The van der Waals surface area contributed by atoms with Crippen molar-refractivity contribution in [1.82, 2.24) is 4.90 Å². The first-order chi connectivity index (χ1) is 9.02. The van der Waals surface area contributed by atoms with Crippen LogP contribution in [0.2, 0.25) is 0 Å². The second kappa shape index (κ2) is 5.01. The molecule has 6 heteroatoms. The topological polar surface area (TPSA) is 91.8 Å². The molecule has 0 aromatic heterocycles. The Hall–Kier alpha value is -2.50. The highest BCUT2D eigenvalue weighted by atomic mass is 16.4. The van der Waals surface area contributed by atoms with E-state index >= 15 is 0 Å². The molecule has 19 heavy (non-hydrogen) atoms. The molecule has 0 aliphatic carbocycles. The lowest BCUT2D eigenvalue weighted by molar-refractivity contribution is -0.152. The Morgan fingerprint density at radius 2 is 1.79 bits per heavy atom. The Morgan fingerprint density at radius 1 is 1.16 bits per heavy atom. The van der Waals surface area contributed by atoms with Crippen molar-refractivity contribution in [3.05, 3.63) is 35.9 Å². The van der Waals surface area contributed by atoms with Crippen molar-refractivity contribution < 1.29 is 24.3 Å². The minimum Gasteiger partial charge on any atom is -0.480 e. The van der Waals surface area contributed by atoms with Crippen LogP contribution in [0.25, 0.3) is 0 Å². The summed E-state index contributed by atoms with van der Waals surface area (Å²) in [4.78, 5) is 46.9. The van der Waals surface area contributed by atoms with Crippen LogP contribution in [0.1, 0.15) is 23.2 Å². The molecule has 1 heterocycles. The number of amides is 2. The summed E-state index contributed by atoms with van der Waals surface area (Å²) in [5, 5.41) is 8.95. The van der Waals surface area contributed by atoms with Gasteiger partial charge in [0, 0.05) is 12.0 Å².